The number of nitrogens with one attached hydrogen (secondary N) is 2. The van der Waals surface area contributed by atoms with E-state index in [2.05, 4.69) is 20.6 Å². The molecular weight excluding hydrogens is 342 g/mol. The number of amides is 2. The highest BCUT2D eigenvalue weighted by molar-refractivity contribution is 6.01. The second-order valence-electron chi connectivity index (χ2n) is 7.75. The molecule has 2 N–H and O–H groups in total. The topological polar surface area (TPSA) is 87.2 Å². The van der Waals surface area contributed by atoms with Crippen molar-refractivity contribution in [2.75, 3.05) is 18.4 Å². The SMILES string of the molecule is Cc1ccc(C(=O)N2C[C@@H]3CC[C@]4(NC(=O)c5cccnc5N4)[C@@H]3C2)cn1. The summed E-state index contributed by atoms with van der Waals surface area (Å²) in [7, 11) is 0. The Bertz CT molecular complexity index is 928. The third-order valence-electron chi connectivity index (χ3n) is 6.16. The predicted octanol–water partition coefficient (Wildman–Crippen LogP) is 1.82. The van der Waals surface area contributed by atoms with Crippen molar-refractivity contribution in [1.82, 2.24) is 20.2 Å². The van der Waals surface area contributed by atoms with E-state index in [1.54, 1.807) is 24.5 Å². The van der Waals surface area contributed by atoms with Crippen LogP contribution in [0.15, 0.2) is 36.7 Å². The minimum atomic E-state index is -0.524. The molecule has 0 aromatic carbocycles. The smallest absolute Gasteiger partial charge is 0.256 e. The summed E-state index contributed by atoms with van der Waals surface area (Å²) in [6.45, 7) is 3.24. The van der Waals surface area contributed by atoms with Crippen molar-refractivity contribution in [1.29, 1.82) is 0 Å². The van der Waals surface area contributed by atoms with E-state index in [1.165, 1.54) is 0 Å². The molecule has 0 bridgehead atoms. The van der Waals surface area contributed by atoms with Crippen LogP contribution in [0, 0.1) is 18.8 Å². The number of aryl methyl sites for hydroxylation is 1. The van der Waals surface area contributed by atoms with Crippen LogP contribution in [0.1, 0.15) is 39.3 Å². The van der Waals surface area contributed by atoms with Crippen molar-refractivity contribution in [2.24, 2.45) is 11.8 Å². The molecule has 1 saturated carbocycles. The molecule has 1 spiro atoms. The second kappa shape index (κ2) is 5.77. The molecule has 2 aromatic heterocycles. The van der Waals surface area contributed by atoms with Crippen LogP contribution in [0.5, 0.6) is 0 Å². The molecule has 1 saturated heterocycles. The molecule has 1 aliphatic carbocycles. The van der Waals surface area contributed by atoms with Gasteiger partial charge in [0.25, 0.3) is 11.8 Å². The largest absolute Gasteiger partial charge is 0.347 e. The van der Waals surface area contributed by atoms with E-state index >= 15 is 0 Å². The predicted molar refractivity (Wildman–Crippen MR) is 99.1 cm³/mol. The third-order valence-corrected chi connectivity index (χ3v) is 6.16. The van der Waals surface area contributed by atoms with E-state index in [0.717, 1.165) is 18.5 Å². The maximum Gasteiger partial charge on any atom is 0.256 e. The number of carbonyl (C=O) groups excluding carboxylic acids is 2. The second-order valence-corrected chi connectivity index (χ2v) is 7.75. The number of hydrogen-bond donors (Lipinski definition) is 2. The van der Waals surface area contributed by atoms with Crippen LogP contribution in [-0.4, -0.2) is 45.4 Å². The normalized spacial score (nSPS) is 28.5. The van der Waals surface area contributed by atoms with Crippen LogP contribution >= 0.6 is 0 Å². The highest BCUT2D eigenvalue weighted by Gasteiger charge is 2.56. The summed E-state index contributed by atoms with van der Waals surface area (Å²) in [6, 6.07) is 7.23. The highest BCUT2D eigenvalue weighted by atomic mass is 16.2. The molecule has 5 rings (SSSR count). The zero-order chi connectivity index (χ0) is 18.6. The van der Waals surface area contributed by atoms with E-state index in [0.29, 0.717) is 36.0 Å². The van der Waals surface area contributed by atoms with Gasteiger partial charge in [-0.2, -0.15) is 0 Å². The molecule has 2 amide bonds. The fourth-order valence-electron chi connectivity index (χ4n) is 4.77. The molecule has 27 heavy (non-hydrogen) atoms. The lowest BCUT2D eigenvalue weighted by Crippen LogP contribution is -2.61. The van der Waals surface area contributed by atoms with E-state index < -0.39 is 5.66 Å². The van der Waals surface area contributed by atoms with E-state index in [9.17, 15) is 9.59 Å². The minimum absolute atomic E-state index is 0.00714. The molecule has 2 aromatic rings. The van der Waals surface area contributed by atoms with Crippen molar-refractivity contribution >= 4 is 17.6 Å². The Labute approximate surface area is 157 Å². The first kappa shape index (κ1) is 16.2. The number of nitrogens with zero attached hydrogens (tertiary/aromatic N) is 3. The van der Waals surface area contributed by atoms with Gasteiger partial charge in [-0.3, -0.25) is 14.6 Å². The van der Waals surface area contributed by atoms with Gasteiger partial charge in [-0.25, -0.2) is 4.98 Å². The molecule has 0 radical (unpaired) electrons. The van der Waals surface area contributed by atoms with Crippen molar-refractivity contribution in [2.45, 2.75) is 25.4 Å². The van der Waals surface area contributed by atoms with Crippen LogP contribution in [0.4, 0.5) is 5.82 Å². The number of anilines is 1. The molecule has 2 aliphatic heterocycles. The number of aromatic nitrogens is 2. The summed E-state index contributed by atoms with van der Waals surface area (Å²) in [5, 5.41) is 6.67. The van der Waals surface area contributed by atoms with E-state index in [4.69, 9.17) is 0 Å². The Hall–Kier alpha value is -2.96. The number of likely N-dealkylation sites (tertiary alicyclic amines) is 1. The Balaban J connectivity index is 1.40. The third kappa shape index (κ3) is 2.49. The van der Waals surface area contributed by atoms with Crippen LogP contribution in [0.3, 0.4) is 0 Å². The summed E-state index contributed by atoms with van der Waals surface area (Å²) in [4.78, 5) is 36.0. The van der Waals surface area contributed by atoms with Crippen molar-refractivity contribution in [3.05, 3.63) is 53.5 Å². The first-order chi connectivity index (χ1) is 13.1. The van der Waals surface area contributed by atoms with Crippen LogP contribution in [0.25, 0.3) is 0 Å². The Morgan fingerprint density at radius 1 is 1.22 bits per heavy atom. The van der Waals surface area contributed by atoms with Crippen LogP contribution in [-0.2, 0) is 0 Å². The van der Waals surface area contributed by atoms with Gasteiger partial charge in [-0.1, -0.05) is 0 Å². The number of carbonyl (C=O) groups is 2. The fraction of sp³-hybridized carbons (Fsp3) is 0.400. The first-order valence-corrected chi connectivity index (χ1v) is 9.33. The fourth-order valence-corrected chi connectivity index (χ4v) is 4.77. The maximum absolute atomic E-state index is 12.9. The average molecular weight is 363 g/mol. The molecule has 7 heteroatoms. The van der Waals surface area contributed by atoms with Gasteiger partial charge in [0.15, 0.2) is 0 Å². The Morgan fingerprint density at radius 2 is 2.11 bits per heavy atom. The molecule has 0 unspecified atom stereocenters. The maximum atomic E-state index is 12.9. The summed E-state index contributed by atoms with van der Waals surface area (Å²) in [5.74, 6) is 1.08. The first-order valence-electron chi connectivity index (χ1n) is 9.33. The molecule has 3 atom stereocenters. The minimum Gasteiger partial charge on any atom is -0.347 e. The zero-order valence-corrected chi connectivity index (χ0v) is 15.1. The summed E-state index contributed by atoms with van der Waals surface area (Å²) in [6.07, 6.45) is 5.15. The lowest BCUT2D eigenvalue weighted by molar-refractivity contribution is 0.0767. The molecular formula is C20H21N5O2. The highest BCUT2D eigenvalue weighted by Crippen LogP contribution is 2.47. The van der Waals surface area contributed by atoms with Gasteiger partial charge in [-0.15, -0.1) is 0 Å². The molecule has 138 valence electrons. The van der Waals surface area contributed by atoms with Gasteiger partial charge >= 0.3 is 0 Å². The van der Waals surface area contributed by atoms with Gasteiger partial charge < -0.3 is 15.5 Å². The number of rotatable bonds is 1. The van der Waals surface area contributed by atoms with E-state index in [-0.39, 0.29) is 17.7 Å². The Kier molecular flexibility index (Phi) is 3.47. The summed E-state index contributed by atoms with van der Waals surface area (Å²) < 4.78 is 0. The van der Waals surface area contributed by atoms with Gasteiger partial charge in [-0.05, 0) is 49.9 Å². The molecule has 2 fully saturated rings. The Morgan fingerprint density at radius 3 is 2.93 bits per heavy atom. The van der Waals surface area contributed by atoms with Gasteiger partial charge in [0.1, 0.15) is 11.5 Å². The quantitative estimate of drug-likeness (QED) is 0.807. The monoisotopic (exact) mass is 363 g/mol. The lowest BCUT2D eigenvalue weighted by Gasteiger charge is -2.41. The van der Waals surface area contributed by atoms with E-state index in [1.807, 2.05) is 24.0 Å². The van der Waals surface area contributed by atoms with Crippen LogP contribution < -0.4 is 10.6 Å². The number of pyridine rings is 2. The summed E-state index contributed by atoms with van der Waals surface area (Å²) >= 11 is 0. The molecule has 3 aliphatic rings. The summed E-state index contributed by atoms with van der Waals surface area (Å²) in [5.41, 5.74) is 1.55. The average Bonchev–Trinajstić information content (AvgIpc) is 3.23. The zero-order valence-electron chi connectivity index (χ0n) is 15.1. The van der Waals surface area contributed by atoms with Crippen molar-refractivity contribution < 1.29 is 9.59 Å². The van der Waals surface area contributed by atoms with Crippen molar-refractivity contribution in [3.63, 3.8) is 0 Å². The number of hydrogen-bond acceptors (Lipinski definition) is 5. The van der Waals surface area contributed by atoms with Gasteiger partial charge in [0, 0.05) is 37.1 Å². The van der Waals surface area contributed by atoms with Crippen LogP contribution in [0.2, 0.25) is 0 Å². The van der Waals surface area contributed by atoms with Crippen molar-refractivity contribution in [3.8, 4) is 0 Å². The standard InChI is InChI=1S/C20H21N5O2/c1-12-4-5-13(9-22-12)19(27)25-10-14-6-7-20(16(14)11-25)23-17-15(18(26)24-20)3-2-8-21-17/h2-5,8-9,14,16H,6-7,10-11H2,1H3,(H,21,23)(H,24,26)/t14-,16+,20-/m0/s1. The van der Waals surface area contributed by atoms with Gasteiger partial charge in [0.2, 0.25) is 0 Å². The molecule has 7 nitrogen and oxygen atoms in total. The lowest BCUT2D eigenvalue weighted by atomic mass is 9.90. The molecule has 4 heterocycles. The number of fused-ring (bicyclic) bond motifs is 3. The van der Waals surface area contributed by atoms with Gasteiger partial charge in [0.05, 0.1) is 11.1 Å².